The predicted molar refractivity (Wildman–Crippen MR) is 133 cm³/mol. The fraction of sp³-hybridized carbons (Fsp3) is 0.480. The molecule has 34 heavy (non-hydrogen) atoms. The second-order valence-electron chi connectivity index (χ2n) is 8.68. The van der Waals surface area contributed by atoms with Crippen LogP contribution < -0.4 is 9.47 Å². The lowest BCUT2D eigenvalue weighted by Gasteiger charge is -2.32. The van der Waals surface area contributed by atoms with E-state index in [2.05, 4.69) is 16.4 Å². The minimum Gasteiger partial charge on any atom is -0.490 e. The van der Waals surface area contributed by atoms with Crippen molar-refractivity contribution < 1.29 is 17.9 Å². The number of aromatic nitrogens is 2. The lowest BCUT2D eigenvalue weighted by atomic mass is 10.1. The first-order chi connectivity index (χ1) is 16.3. The molecule has 0 N–H and O–H groups in total. The van der Waals surface area contributed by atoms with E-state index in [-0.39, 0.29) is 11.0 Å². The molecule has 0 spiro atoms. The highest BCUT2D eigenvalue weighted by Crippen LogP contribution is 2.30. The molecule has 1 aliphatic heterocycles. The summed E-state index contributed by atoms with van der Waals surface area (Å²) in [6.07, 6.45) is 2.01. The average molecular weight is 487 g/mol. The molecule has 0 atom stereocenters. The normalized spacial score (nSPS) is 15.8. The number of ether oxygens (including phenoxy) is 2. The van der Waals surface area contributed by atoms with E-state index in [1.54, 1.807) is 26.2 Å². The van der Waals surface area contributed by atoms with Crippen LogP contribution in [0.25, 0.3) is 11.0 Å². The second kappa shape index (κ2) is 10.3. The van der Waals surface area contributed by atoms with Crippen LogP contribution in [0.3, 0.4) is 0 Å². The van der Waals surface area contributed by atoms with Crippen LogP contribution in [0.5, 0.6) is 11.5 Å². The molecule has 0 aliphatic carbocycles. The molecule has 0 saturated carbocycles. The van der Waals surface area contributed by atoms with Gasteiger partial charge in [-0.05, 0) is 57.0 Å². The first-order valence-corrected chi connectivity index (χ1v) is 13.3. The van der Waals surface area contributed by atoms with Crippen molar-refractivity contribution in [3.63, 3.8) is 0 Å². The van der Waals surface area contributed by atoms with Crippen molar-refractivity contribution >= 4 is 21.1 Å². The highest BCUT2D eigenvalue weighted by Gasteiger charge is 2.24. The third-order valence-electron chi connectivity index (χ3n) is 6.24. The number of fused-ring (bicyclic) bond motifs is 1. The maximum absolute atomic E-state index is 12.5. The molecule has 9 heteroatoms. The lowest BCUT2D eigenvalue weighted by molar-refractivity contribution is 0.0918. The summed E-state index contributed by atoms with van der Waals surface area (Å²) in [6, 6.07) is 13.0. The zero-order chi connectivity index (χ0) is 24.3. The third-order valence-corrected chi connectivity index (χ3v) is 8.05. The number of hydrogen-bond donors (Lipinski definition) is 0. The zero-order valence-electron chi connectivity index (χ0n) is 20.4. The van der Waals surface area contributed by atoms with E-state index in [0.717, 1.165) is 61.9 Å². The SMILES string of the molecule is CCOc1ccccc1OC1CCN(Cc2nc3cc(S(=O)(=O)N(C)C)ccc3n2CC)CC1. The highest BCUT2D eigenvalue weighted by molar-refractivity contribution is 7.89. The molecule has 184 valence electrons. The van der Waals surface area contributed by atoms with Gasteiger partial charge < -0.3 is 14.0 Å². The Morgan fingerprint density at radius 2 is 1.76 bits per heavy atom. The first kappa shape index (κ1) is 24.5. The van der Waals surface area contributed by atoms with Gasteiger partial charge in [-0.2, -0.15) is 0 Å². The van der Waals surface area contributed by atoms with Crippen molar-refractivity contribution in [2.45, 2.75) is 50.8 Å². The van der Waals surface area contributed by atoms with Gasteiger partial charge in [0.25, 0.3) is 0 Å². The van der Waals surface area contributed by atoms with Gasteiger partial charge in [0.15, 0.2) is 11.5 Å². The van der Waals surface area contributed by atoms with Crippen LogP contribution >= 0.6 is 0 Å². The van der Waals surface area contributed by atoms with Crippen LogP contribution in [0, 0.1) is 0 Å². The molecule has 2 aromatic carbocycles. The van der Waals surface area contributed by atoms with Crippen LogP contribution in [-0.4, -0.2) is 67.1 Å². The van der Waals surface area contributed by atoms with E-state index < -0.39 is 10.0 Å². The Morgan fingerprint density at radius 3 is 2.41 bits per heavy atom. The number of para-hydroxylation sites is 2. The smallest absolute Gasteiger partial charge is 0.242 e. The minimum atomic E-state index is -3.49. The molecule has 1 aromatic heterocycles. The number of benzene rings is 2. The standard InChI is InChI=1S/C25H34N4O4S/c1-5-29-22-12-11-20(34(30,31)27(3)4)17-21(22)26-25(29)18-28-15-13-19(14-16-28)33-24-10-8-7-9-23(24)32-6-2/h7-12,17,19H,5-6,13-16,18H2,1-4H3. The van der Waals surface area contributed by atoms with E-state index in [9.17, 15) is 8.42 Å². The molecule has 2 heterocycles. The van der Waals surface area contributed by atoms with E-state index in [1.165, 1.54) is 4.31 Å². The molecular formula is C25H34N4O4S. The van der Waals surface area contributed by atoms with Gasteiger partial charge in [0, 0.05) is 33.7 Å². The summed E-state index contributed by atoms with van der Waals surface area (Å²) in [5.41, 5.74) is 1.67. The number of likely N-dealkylation sites (tertiary alicyclic amines) is 1. The highest BCUT2D eigenvalue weighted by atomic mass is 32.2. The summed E-state index contributed by atoms with van der Waals surface area (Å²) in [4.78, 5) is 7.47. The second-order valence-corrected chi connectivity index (χ2v) is 10.8. The van der Waals surface area contributed by atoms with Gasteiger partial charge in [-0.25, -0.2) is 17.7 Å². The Hall–Kier alpha value is -2.62. The molecule has 8 nitrogen and oxygen atoms in total. The minimum absolute atomic E-state index is 0.154. The molecule has 0 amide bonds. The molecule has 0 bridgehead atoms. The van der Waals surface area contributed by atoms with Crippen LogP contribution in [0.4, 0.5) is 0 Å². The van der Waals surface area contributed by atoms with Gasteiger partial charge in [0.05, 0.1) is 29.1 Å². The molecule has 1 saturated heterocycles. The van der Waals surface area contributed by atoms with Gasteiger partial charge in [0.2, 0.25) is 10.0 Å². The summed E-state index contributed by atoms with van der Waals surface area (Å²) in [6.45, 7) is 7.99. The molecule has 1 aliphatic rings. The fourth-order valence-corrected chi connectivity index (χ4v) is 5.31. The Labute approximate surface area is 202 Å². The Kier molecular flexibility index (Phi) is 7.45. The van der Waals surface area contributed by atoms with Crippen LogP contribution in [0.2, 0.25) is 0 Å². The Balaban J connectivity index is 1.44. The molecule has 4 rings (SSSR count). The van der Waals surface area contributed by atoms with Crippen molar-refractivity contribution in [1.29, 1.82) is 0 Å². The molecule has 3 aromatic rings. The van der Waals surface area contributed by atoms with Crippen molar-refractivity contribution in [3.8, 4) is 11.5 Å². The number of hydrogen-bond acceptors (Lipinski definition) is 6. The van der Waals surface area contributed by atoms with E-state index in [4.69, 9.17) is 14.5 Å². The summed E-state index contributed by atoms with van der Waals surface area (Å²) < 4.78 is 40.4. The summed E-state index contributed by atoms with van der Waals surface area (Å²) >= 11 is 0. The van der Waals surface area contributed by atoms with Gasteiger partial charge in [0.1, 0.15) is 11.9 Å². The van der Waals surface area contributed by atoms with Gasteiger partial charge in [-0.1, -0.05) is 12.1 Å². The van der Waals surface area contributed by atoms with E-state index >= 15 is 0 Å². The predicted octanol–water partition coefficient (Wildman–Crippen LogP) is 3.75. The van der Waals surface area contributed by atoms with E-state index in [0.29, 0.717) is 12.1 Å². The first-order valence-electron chi connectivity index (χ1n) is 11.9. The average Bonchev–Trinajstić information content (AvgIpc) is 3.17. The number of aryl methyl sites for hydroxylation is 1. The number of piperidine rings is 1. The van der Waals surface area contributed by atoms with Gasteiger partial charge in [-0.15, -0.1) is 0 Å². The van der Waals surface area contributed by atoms with Gasteiger partial charge >= 0.3 is 0 Å². The number of imidazole rings is 1. The Morgan fingerprint density at radius 1 is 1.06 bits per heavy atom. The number of nitrogens with zero attached hydrogens (tertiary/aromatic N) is 4. The van der Waals surface area contributed by atoms with Crippen molar-refractivity contribution in [3.05, 3.63) is 48.3 Å². The van der Waals surface area contributed by atoms with Gasteiger partial charge in [-0.3, -0.25) is 4.90 Å². The topological polar surface area (TPSA) is 76.9 Å². The number of sulfonamides is 1. The van der Waals surface area contributed by atoms with Crippen LogP contribution in [-0.2, 0) is 23.1 Å². The third kappa shape index (κ3) is 5.06. The number of rotatable bonds is 9. The summed E-state index contributed by atoms with van der Waals surface area (Å²) in [5.74, 6) is 2.55. The fourth-order valence-electron chi connectivity index (χ4n) is 4.39. The maximum atomic E-state index is 12.5. The summed E-state index contributed by atoms with van der Waals surface area (Å²) in [5, 5.41) is 0. The zero-order valence-corrected chi connectivity index (χ0v) is 21.2. The quantitative estimate of drug-likeness (QED) is 0.459. The lowest BCUT2D eigenvalue weighted by Crippen LogP contribution is -2.38. The molecule has 0 radical (unpaired) electrons. The molecule has 1 fully saturated rings. The largest absolute Gasteiger partial charge is 0.490 e. The molecular weight excluding hydrogens is 452 g/mol. The summed E-state index contributed by atoms with van der Waals surface area (Å²) in [7, 11) is -0.414. The van der Waals surface area contributed by atoms with Crippen LogP contribution in [0.1, 0.15) is 32.5 Å². The maximum Gasteiger partial charge on any atom is 0.242 e. The van der Waals surface area contributed by atoms with Crippen molar-refractivity contribution in [2.75, 3.05) is 33.8 Å². The van der Waals surface area contributed by atoms with Crippen molar-refractivity contribution in [2.24, 2.45) is 0 Å². The van der Waals surface area contributed by atoms with E-state index in [1.807, 2.05) is 37.3 Å². The Bertz CT molecular complexity index is 1230. The van der Waals surface area contributed by atoms with Crippen molar-refractivity contribution in [1.82, 2.24) is 18.8 Å². The van der Waals surface area contributed by atoms with Crippen LogP contribution in [0.15, 0.2) is 47.4 Å². The monoisotopic (exact) mass is 486 g/mol. The molecule has 0 unspecified atom stereocenters.